The second kappa shape index (κ2) is 6.25. The molecule has 132 valence electrons. The molecule has 0 fully saturated rings. The van der Waals surface area contributed by atoms with Gasteiger partial charge in [-0.2, -0.15) is 5.10 Å². The van der Waals surface area contributed by atoms with Crippen LogP contribution in [0.3, 0.4) is 0 Å². The summed E-state index contributed by atoms with van der Waals surface area (Å²) in [6.45, 7) is 4.75. The Morgan fingerprint density at radius 2 is 2.04 bits per heavy atom. The molecule has 1 amide bonds. The average molecular weight is 349 g/mol. The van der Waals surface area contributed by atoms with Crippen LogP contribution in [0.25, 0.3) is 5.69 Å². The molecule has 1 aromatic carbocycles. The zero-order valence-corrected chi connectivity index (χ0v) is 14.7. The summed E-state index contributed by atoms with van der Waals surface area (Å²) in [6.07, 6.45) is 3.51. The molecule has 7 nitrogen and oxygen atoms in total. The highest BCUT2D eigenvalue weighted by Crippen LogP contribution is 2.21. The van der Waals surface area contributed by atoms with Gasteiger partial charge in [0.1, 0.15) is 0 Å². The molecule has 0 aliphatic carbocycles. The molecule has 0 spiro atoms. The third-order valence-electron chi connectivity index (χ3n) is 4.88. The van der Waals surface area contributed by atoms with E-state index in [9.17, 15) is 9.59 Å². The smallest absolute Gasteiger partial charge is 0.257 e. The molecule has 4 rings (SSSR count). The Hall–Kier alpha value is -3.22. The number of benzene rings is 1. The molecule has 2 aromatic heterocycles. The van der Waals surface area contributed by atoms with Crippen LogP contribution in [-0.2, 0) is 13.0 Å². The van der Waals surface area contributed by atoms with E-state index in [2.05, 4.69) is 15.1 Å². The molecular weight excluding hydrogens is 330 g/mol. The number of aromatic nitrogens is 4. The highest BCUT2D eigenvalue weighted by molar-refractivity contribution is 5.95. The largest absolute Gasteiger partial charge is 0.332 e. The maximum absolute atomic E-state index is 13.0. The lowest BCUT2D eigenvalue weighted by atomic mass is 10.1. The van der Waals surface area contributed by atoms with Gasteiger partial charge in [-0.3, -0.25) is 9.59 Å². The summed E-state index contributed by atoms with van der Waals surface area (Å²) < 4.78 is 1.80. The number of carbonyl (C=O) groups is 1. The van der Waals surface area contributed by atoms with Gasteiger partial charge >= 0.3 is 0 Å². The summed E-state index contributed by atoms with van der Waals surface area (Å²) in [5.41, 5.74) is 4.64. The van der Waals surface area contributed by atoms with E-state index in [0.29, 0.717) is 36.3 Å². The van der Waals surface area contributed by atoms with Gasteiger partial charge < -0.3 is 9.88 Å². The highest BCUT2D eigenvalue weighted by Gasteiger charge is 2.26. The van der Waals surface area contributed by atoms with Crippen molar-refractivity contribution in [2.45, 2.75) is 26.8 Å². The van der Waals surface area contributed by atoms with Crippen molar-refractivity contribution in [2.24, 2.45) is 0 Å². The lowest BCUT2D eigenvalue weighted by Crippen LogP contribution is -2.39. The quantitative estimate of drug-likeness (QED) is 0.764. The first-order chi connectivity index (χ1) is 12.6. The molecule has 26 heavy (non-hydrogen) atoms. The normalized spacial score (nSPS) is 13.5. The van der Waals surface area contributed by atoms with Gasteiger partial charge in [-0.15, -0.1) is 0 Å². The Bertz CT molecular complexity index is 1050. The molecule has 1 aliphatic heterocycles. The molecule has 0 saturated carbocycles. The van der Waals surface area contributed by atoms with Crippen LogP contribution in [0.5, 0.6) is 0 Å². The van der Waals surface area contributed by atoms with Crippen LogP contribution in [0.4, 0.5) is 0 Å². The summed E-state index contributed by atoms with van der Waals surface area (Å²) in [5.74, 6) is -0.0879. The molecule has 3 aromatic rings. The van der Waals surface area contributed by atoms with E-state index in [4.69, 9.17) is 0 Å². The summed E-state index contributed by atoms with van der Waals surface area (Å²) >= 11 is 0. The summed E-state index contributed by atoms with van der Waals surface area (Å²) in [6, 6.07) is 7.93. The van der Waals surface area contributed by atoms with E-state index in [1.165, 1.54) is 6.33 Å². The van der Waals surface area contributed by atoms with Gasteiger partial charge in [-0.05, 0) is 31.9 Å². The van der Waals surface area contributed by atoms with Crippen LogP contribution in [0.15, 0.2) is 41.6 Å². The molecule has 1 aliphatic rings. The summed E-state index contributed by atoms with van der Waals surface area (Å²) in [7, 11) is 0. The van der Waals surface area contributed by atoms with E-state index < -0.39 is 0 Å². The lowest BCUT2D eigenvalue weighted by molar-refractivity contribution is 0.0730. The number of nitrogens with one attached hydrogen (secondary N) is 1. The van der Waals surface area contributed by atoms with Crippen LogP contribution in [0.2, 0.25) is 0 Å². The molecule has 0 bridgehead atoms. The summed E-state index contributed by atoms with van der Waals surface area (Å²) in [5, 5.41) is 4.42. The van der Waals surface area contributed by atoms with Crippen molar-refractivity contribution in [1.29, 1.82) is 0 Å². The number of aromatic amines is 1. The maximum atomic E-state index is 13.0. The average Bonchev–Trinajstić information content (AvgIpc) is 3.03. The van der Waals surface area contributed by atoms with Crippen molar-refractivity contribution in [3.63, 3.8) is 0 Å². The fourth-order valence-electron chi connectivity index (χ4n) is 3.37. The number of fused-ring (bicyclic) bond motifs is 1. The van der Waals surface area contributed by atoms with Crippen molar-refractivity contribution in [2.75, 3.05) is 6.54 Å². The van der Waals surface area contributed by atoms with Gasteiger partial charge in [-0.1, -0.05) is 18.2 Å². The molecule has 1 N–H and O–H groups in total. The van der Waals surface area contributed by atoms with Gasteiger partial charge in [-0.25, -0.2) is 9.67 Å². The highest BCUT2D eigenvalue weighted by atomic mass is 16.2. The molecular formula is C19H19N5O2. The van der Waals surface area contributed by atoms with E-state index in [1.807, 2.05) is 38.1 Å². The van der Waals surface area contributed by atoms with Crippen LogP contribution in [-0.4, -0.2) is 37.1 Å². The number of nitrogens with zero attached hydrogens (tertiary/aromatic N) is 4. The van der Waals surface area contributed by atoms with Crippen LogP contribution >= 0.6 is 0 Å². The first-order valence-electron chi connectivity index (χ1n) is 8.51. The number of hydrogen-bond acceptors (Lipinski definition) is 4. The molecule has 0 atom stereocenters. The third-order valence-corrected chi connectivity index (χ3v) is 4.88. The molecule has 0 radical (unpaired) electrons. The Balaban J connectivity index is 1.64. The van der Waals surface area contributed by atoms with Gasteiger partial charge in [0.25, 0.3) is 11.5 Å². The Morgan fingerprint density at radius 3 is 2.85 bits per heavy atom. The van der Waals surface area contributed by atoms with E-state index >= 15 is 0 Å². The molecule has 3 heterocycles. The number of hydrogen-bond donors (Lipinski definition) is 1. The SMILES string of the molecule is Cc1ccccc1-n1ncc(C(=O)N2CCc3c(nc[nH]c3=O)C2)c1C. The number of amides is 1. The van der Waals surface area contributed by atoms with Gasteiger partial charge in [0, 0.05) is 12.1 Å². The lowest BCUT2D eigenvalue weighted by Gasteiger charge is -2.27. The number of para-hydroxylation sites is 1. The van der Waals surface area contributed by atoms with E-state index in [0.717, 1.165) is 16.9 Å². The second-order valence-corrected chi connectivity index (χ2v) is 6.48. The minimum absolute atomic E-state index is 0.0879. The zero-order chi connectivity index (χ0) is 18.3. The van der Waals surface area contributed by atoms with Crippen molar-refractivity contribution in [3.05, 3.63) is 75.2 Å². The number of H-pyrrole nitrogens is 1. The molecule has 0 saturated heterocycles. The minimum Gasteiger partial charge on any atom is -0.332 e. The van der Waals surface area contributed by atoms with Crippen LogP contribution in [0, 0.1) is 13.8 Å². The van der Waals surface area contributed by atoms with Crippen molar-refractivity contribution >= 4 is 5.91 Å². The van der Waals surface area contributed by atoms with Gasteiger partial charge in [0.05, 0.1) is 41.7 Å². The number of aryl methyl sites for hydroxylation is 1. The molecule has 7 heteroatoms. The van der Waals surface area contributed by atoms with Crippen molar-refractivity contribution < 1.29 is 4.79 Å². The fraction of sp³-hybridized carbons (Fsp3) is 0.263. The monoisotopic (exact) mass is 349 g/mol. The topological polar surface area (TPSA) is 83.9 Å². The van der Waals surface area contributed by atoms with Crippen LogP contribution < -0.4 is 5.56 Å². The Labute approximate surface area is 150 Å². The van der Waals surface area contributed by atoms with Crippen LogP contribution in [0.1, 0.15) is 32.9 Å². The second-order valence-electron chi connectivity index (χ2n) is 6.48. The van der Waals surface area contributed by atoms with Gasteiger partial charge in [0.2, 0.25) is 0 Å². The Kier molecular flexibility index (Phi) is 3.91. The van der Waals surface area contributed by atoms with Gasteiger partial charge in [0.15, 0.2) is 0 Å². The maximum Gasteiger partial charge on any atom is 0.257 e. The first kappa shape index (κ1) is 16.3. The zero-order valence-electron chi connectivity index (χ0n) is 14.7. The Morgan fingerprint density at radius 1 is 1.23 bits per heavy atom. The summed E-state index contributed by atoms with van der Waals surface area (Å²) in [4.78, 5) is 33.4. The first-order valence-corrected chi connectivity index (χ1v) is 8.51. The standard InChI is InChI=1S/C19H19N5O2/c1-12-5-3-4-6-17(12)24-13(2)15(9-22-24)19(26)23-8-7-14-16(10-23)20-11-21-18(14)25/h3-6,9,11H,7-8,10H2,1-2H3,(H,20,21,25). The van der Waals surface area contributed by atoms with E-state index in [1.54, 1.807) is 15.8 Å². The predicted octanol–water partition coefficient (Wildman–Crippen LogP) is 1.77. The minimum atomic E-state index is -0.120. The fourth-order valence-corrected chi connectivity index (χ4v) is 3.37. The van der Waals surface area contributed by atoms with Crippen molar-refractivity contribution in [1.82, 2.24) is 24.6 Å². The third kappa shape index (κ3) is 2.61. The van der Waals surface area contributed by atoms with Crippen molar-refractivity contribution in [3.8, 4) is 5.69 Å². The van der Waals surface area contributed by atoms with E-state index in [-0.39, 0.29) is 11.5 Å². The number of rotatable bonds is 2. The molecule has 0 unspecified atom stereocenters. The predicted molar refractivity (Wildman–Crippen MR) is 96.3 cm³/mol. The number of carbonyl (C=O) groups excluding carboxylic acids is 1.